The highest BCUT2D eigenvalue weighted by Gasteiger charge is 2.11. The standard InChI is InChI=1S/C22H25N3O5S/c23-18(22(27)28)2-1-9-30-17-7-4-14(5-8-17)12-24-13-15-3-6-16-11-20(21(26)25-29)31-19(16)10-15/h3-8,10-11,18,24,29H,1-2,9,12-13,23H2,(H,25,26)(H,27,28). The third kappa shape index (κ3) is 6.50. The van der Waals surface area contributed by atoms with E-state index in [1.807, 2.05) is 42.5 Å². The first-order chi connectivity index (χ1) is 15.0. The molecule has 1 heterocycles. The minimum absolute atomic E-state index is 0.380. The maximum absolute atomic E-state index is 11.5. The summed E-state index contributed by atoms with van der Waals surface area (Å²) in [5.74, 6) is -0.762. The number of aliphatic carboxylic acids is 1. The number of hydrogen-bond donors (Lipinski definition) is 5. The maximum atomic E-state index is 11.5. The number of ether oxygens (including phenoxy) is 1. The molecule has 0 aliphatic carbocycles. The third-order valence-electron chi connectivity index (χ3n) is 4.74. The zero-order valence-electron chi connectivity index (χ0n) is 16.8. The molecule has 0 aliphatic rings. The van der Waals surface area contributed by atoms with Gasteiger partial charge in [-0.25, -0.2) is 5.48 Å². The van der Waals surface area contributed by atoms with E-state index in [1.165, 1.54) is 11.3 Å². The van der Waals surface area contributed by atoms with Gasteiger partial charge in [0.25, 0.3) is 5.91 Å². The summed E-state index contributed by atoms with van der Waals surface area (Å²) < 4.78 is 6.61. The van der Waals surface area contributed by atoms with Crippen molar-refractivity contribution in [3.63, 3.8) is 0 Å². The first-order valence-electron chi connectivity index (χ1n) is 9.84. The normalized spacial score (nSPS) is 11.9. The number of hydroxylamine groups is 1. The van der Waals surface area contributed by atoms with Gasteiger partial charge in [-0.05, 0) is 53.6 Å². The second-order valence-electron chi connectivity index (χ2n) is 7.11. The van der Waals surface area contributed by atoms with Crippen LogP contribution in [0.4, 0.5) is 0 Å². The van der Waals surface area contributed by atoms with E-state index in [9.17, 15) is 9.59 Å². The lowest BCUT2D eigenvalue weighted by atomic mass is 10.1. The molecular weight excluding hydrogens is 418 g/mol. The average Bonchev–Trinajstić information content (AvgIpc) is 3.20. The molecule has 1 unspecified atom stereocenters. The zero-order valence-corrected chi connectivity index (χ0v) is 17.7. The summed E-state index contributed by atoms with van der Waals surface area (Å²) >= 11 is 1.34. The summed E-state index contributed by atoms with van der Waals surface area (Å²) in [5.41, 5.74) is 9.34. The van der Waals surface area contributed by atoms with Crippen LogP contribution in [-0.2, 0) is 17.9 Å². The van der Waals surface area contributed by atoms with Gasteiger partial charge in [0, 0.05) is 17.8 Å². The van der Waals surface area contributed by atoms with E-state index in [0.717, 1.165) is 27.0 Å². The number of carboxylic acid groups (broad SMARTS) is 1. The molecule has 0 saturated heterocycles. The summed E-state index contributed by atoms with van der Waals surface area (Å²) in [6, 6.07) is 14.7. The summed E-state index contributed by atoms with van der Waals surface area (Å²) in [7, 11) is 0. The quantitative estimate of drug-likeness (QED) is 0.175. The maximum Gasteiger partial charge on any atom is 0.320 e. The van der Waals surface area contributed by atoms with Gasteiger partial charge in [0.05, 0.1) is 11.5 Å². The predicted molar refractivity (Wildman–Crippen MR) is 118 cm³/mol. The summed E-state index contributed by atoms with van der Waals surface area (Å²) in [6.07, 6.45) is 0.960. The van der Waals surface area contributed by atoms with Gasteiger partial charge in [0.2, 0.25) is 0 Å². The number of nitrogens with one attached hydrogen (secondary N) is 2. The van der Waals surface area contributed by atoms with Gasteiger partial charge in [-0.15, -0.1) is 11.3 Å². The number of carbonyl (C=O) groups excluding carboxylic acids is 1. The minimum Gasteiger partial charge on any atom is -0.494 e. The Hall–Kier alpha value is -2.98. The molecule has 0 radical (unpaired) electrons. The molecule has 6 N–H and O–H groups in total. The Labute approximate surface area is 183 Å². The fraction of sp³-hybridized carbons (Fsp3) is 0.273. The molecule has 0 fully saturated rings. The number of fused-ring (bicyclic) bond motifs is 1. The largest absolute Gasteiger partial charge is 0.494 e. The Kier molecular flexibility index (Phi) is 7.96. The monoisotopic (exact) mass is 443 g/mol. The number of rotatable bonds is 11. The van der Waals surface area contributed by atoms with E-state index in [0.29, 0.717) is 37.4 Å². The fourth-order valence-electron chi connectivity index (χ4n) is 3.02. The van der Waals surface area contributed by atoms with E-state index in [4.69, 9.17) is 20.8 Å². The van der Waals surface area contributed by atoms with Crippen molar-refractivity contribution in [3.8, 4) is 5.75 Å². The number of hydrogen-bond acceptors (Lipinski definition) is 7. The van der Waals surface area contributed by atoms with Gasteiger partial charge in [0.15, 0.2) is 0 Å². The lowest BCUT2D eigenvalue weighted by molar-refractivity contribution is -0.138. The van der Waals surface area contributed by atoms with Gasteiger partial charge in [-0.2, -0.15) is 0 Å². The first kappa shape index (κ1) is 22.7. The third-order valence-corrected chi connectivity index (χ3v) is 5.83. The average molecular weight is 444 g/mol. The van der Waals surface area contributed by atoms with Crippen molar-refractivity contribution in [1.82, 2.24) is 10.8 Å². The highest BCUT2D eigenvalue weighted by Crippen LogP contribution is 2.26. The molecule has 0 bridgehead atoms. The summed E-state index contributed by atoms with van der Waals surface area (Å²) in [6.45, 7) is 1.79. The second kappa shape index (κ2) is 10.9. The van der Waals surface area contributed by atoms with Crippen LogP contribution in [-0.4, -0.2) is 34.8 Å². The predicted octanol–water partition coefficient (Wildman–Crippen LogP) is 2.88. The molecule has 31 heavy (non-hydrogen) atoms. The Bertz CT molecular complexity index is 1040. The van der Waals surface area contributed by atoms with Crippen molar-refractivity contribution in [2.75, 3.05) is 6.61 Å². The molecule has 1 atom stereocenters. The SMILES string of the molecule is NC(CCCOc1ccc(CNCc2ccc3cc(C(=O)NO)sc3c2)cc1)C(=O)O. The molecule has 2 aromatic carbocycles. The highest BCUT2D eigenvalue weighted by molar-refractivity contribution is 7.20. The van der Waals surface area contributed by atoms with Crippen LogP contribution in [0.25, 0.3) is 10.1 Å². The van der Waals surface area contributed by atoms with E-state index >= 15 is 0 Å². The summed E-state index contributed by atoms with van der Waals surface area (Å²) in [4.78, 5) is 22.7. The van der Waals surface area contributed by atoms with Crippen LogP contribution in [0.15, 0.2) is 48.5 Å². The van der Waals surface area contributed by atoms with Crippen LogP contribution in [0.5, 0.6) is 5.75 Å². The van der Waals surface area contributed by atoms with Crippen molar-refractivity contribution < 1.29 is 24.6 Å². The van der Waals surface area contributed by atoms with Gasteiger partial charge in [-0.3, -0.25) is 14.8 Å². The number of nitrogens with two attached hydrogens (primary N) is 1. The Morgan fingerprint density at radius 3 is 2.48 bits per heavy atom. The van der Waals surface area contributed by atoms with Crippen LogP contribution < -0.4 is 21.3 Å². The molecule has 1 amide bonds. The van der Waals surface area contributed by atoms with Crippen molar-refractivity contribution in [2.45, 2.75) is 32.0 Å². The van der Waals surface area contributed by atoms with E-state index in [-0.39, 0.29) is 0 Å². The first-order valence-corrected chi connectivity index (χ1v) is 10.7. The van der Waals surface area contributed by atoms with Crippen LogP contribution in [0.1, 0.15) is 33.6 Å². The number of benzene rings is 2. The molecule has 1 aromatic heterocycles. The molecule has 164 valence electrons. The summed E-state index contributed by atoms with van der Waals surface area (Å²) in [5, 5.41) is 21.9. The van der Waals surface area contributed by atoms with Crippen molar-refractivity contribution in [1.29, 1.82) is 0 Å². The van der Waals surface area contributed by atoms with E-state index < -0.39 is 17.9 Å². The van der Waals surface area contributed by atoms with E-state index in [1.54, 1.807) is 11.5 Å². The highest BCUT2D eigenvalue weighted by atomic mass is 32.1. The zero-order chi connectivity index (χ0) is 22.2. The number of thiophene rings is 1. The molecular formula is C22H25N3O5S. The molecule has 0 aliphatic heterocycles. The van der Waals surface area contributed by atoms with Gasteiger partial charge >= 0.3 is 5.97 Å². The number of amides is 1. The van der Waals surface area contributed by atoms with Crippen LogP contribution in [0.2, 0.25) is 0 Å². The Morgan fingerprint density at radius 2 is 1.77 bits per heavy atom. The second-order valence-corrected chi connectivity index (χ2v) is 8.19. The molecule has 8 nitrogen and oxygen atoms in total. The molecule has 3 rings (SSSR count). The number of carboxylic acids is 1. The van der Waals surface area contributed by atoms with Crippen molar-refractivity contribution in [3.05, 3.63) is 64.5 Å². The molecule has 0 spiro atoms. The Morgan fingerprint density at radius 1 is 1.06 bits per heavy atom. The van der Waals surface area contributed by atoms with Crippen LogP contribution in [0, 0.1) is 0 Å². The smallest absolute Gasteiger partial charge is 0.320 e. The number of carbonyl (C=O) groups is 2. The molecule has 3 aromatic rings. The van der Waals surface area contributed by atoms with Crippen molar-refractivity contribution >= 4 is 33.3 Å². The van der Waals surface area contributed by atoms with E-state index in [2.05, 4.69) is 5.32 Å². The van der Waals surface area contributed by atoms with Crippen molar-refractivity contribution in [2.24, 2.45) is 5.73 Å². The topological polar surface area (TPSA) is 134 Å². The fourth-order valence-corrected chi connectivity index (χ4v) is 4.04. The van der Waals surface area contributed by atoms with Crippen LogP contribution >= 0.6 is 11.3 Å². The van der Waals surface area contributed by atoms with Crippen LogP contribution in [0.3, 0.4) is 0 Å². The Balaban J connectivity index is 1.44. The molecule has 9 heteroatoms. The lowest BCUT2D eigenvalue weighted by Crippen LogP contribution is -2.30. The minimum atomic E-state index is -0.994. The van der Waals surface area contributed by atoms with Gasteiger partial charge in [-0.1, -0.05) is 24.3 Å². The lowest BCUT2D eigenvalue weighted by Gasteiger charge is -2.09. The van der Waals surface area contributed by atoms with Gasteiger partial charge < -0.3 is 20.9 Å². The van der Waals surface area contributed by atoms with Gasteiger partial charge in [0.1, 0.15) is 11.8 Å². The molecule has 0 saturated carbocycles.